The number of aromatic hydroxyl groups is 1. The van der Waals surface area contributed by atoms with Gasteiger partial charge in [0.25, 0.3) is 0 Å². The van der Waals surface area contributed by atoms with E-state index >= 15 is 0 Å². The fourth-order valence-corrected chi connectivity index (χ4v) is 3.00. The van der Waals surface area contributed by atoms with Crippen LogP contribution in [0.3, 0.4) is 0 Å². The molecule has 2 rings (SSSR count). The summed E-state index contributed by atoms with van der Waals surface area (Å²) in [6, 6.07) is 9.26. The van der Waals surface area contributed by atoms with Gasteiger partial charge in [0.1, 0.15) is 11.5 Å². The Labute approximate surface area is 167 Å². The molecule has 0 saturated carbocycles. The summed E-state index contributed by atoms with van der Waals surface area (Å²) < 4.78 is 5.39. The van der Waals surface area contributed by atoms with Crippen LogP contribution in [-0.4, -0.2) is 18.2 Å². The number of benzene rings is 2. The molecule has 0 spiro atoms. The fraction of sp³-hybridized carbons (Fsp3) is 0.261. The van der Waals surface area contributed by atoms with Crippen molar-refractivity contribution < 1.29 is 9.84 Å². The Morgan fingerprint density at radius 1 is 1.21 bits per heavy atom. The van der Waals surface area contributed by atoms with Crippen LogP contribution in [0.5, 0.6) is 11.5 Å². The smallest absolute Gasteiger partial charge is 0.190 e. The standard InChI is InChI=1S/C23H29N3O2/c1-5-17-13-19(27)14-18(20(17)10-6-15(2)3)9-7-16-8-11-21(26-23(24)25)22(12-16)28-4/h6-9,11-14,27H,5,10H2,1-4H3,(H4,24,25,26)/b9-7+. The number of nitrogens with two attached hydrogens (primary N) is 1. The van der Waals surface area contributed by atoms with Crippen molar-refractivity contribution in [3.63, 3.8) is 0 Å². The number of phenols is 1. The van der Waals surface area contributed by atoms with Crippen LogP contribution < -0.4 is 15.8 Å². The molecule has 0 aromatic heterocycles. The van der Waals surface area contributed by atoms with Gasteiger partial charge in [-0.05, 0) is 73.2 Å². The first-order chi connectivity index (χ1) is 13.3. The fourth-order valence-electron chi connectivity index (χ4n) is 3.00. The van der Waals surface area contributed by atoms with E-state index in [0.29, 0.717) is 11.4 Å². The molecule has 2 aromatic rings. The Bertz CT molecular complexity index is 910. The van der Waals surface area contributed by atoms with Crippen LogP contribution in [0.4, 0.5) is 5.69 Å². The predicted octanol–water partition coefficient (Wildman–Crippen LogP) is 4.95. The summed E-state index contributed by atoms with van der Waals surface area (Å²) in [6.45, 7) is 6.27. The van der Waals surface area contributed by atoms with Crippen molar-refractivity contribution in [2.24, 2.45) is 5.73 Å². The zero-order valence-corrected chi connectivity index (χ0v) is 17.0. The van der Waals surface area contributed by atoms with E-state index < -0.39 is 0 Å². The molecule has 28 heavy (non-hydrogen) atoms. The van der Waals surface area contributed by atoms with Gasteiger partial charge in [0.2, 0.25) is 0 Å². The van der Waals surface area contributed by atoms with Crippen LogP contribution >= 0.6 is 0 Å². The molecule has 0 amide bonds. The number of aryl methyl sites for hydroxylation is 1. The van der Waals surface area contributed by atoms with E-state index in [4.69, 9.17) is 15.9 Å². The summed E-state index contributed by atoms with van der Waals surface area (Å²) in [5.41, 5.74) is 11.6. The molecule has 148 valence electrons. The summed E-state index contributed by atoms with van der Waals surface area (Å²) in [5, 5.41) is 20.2. The lowest BCUT2D eigenvalue weighted by Crippen LogP contribution is -2.20. The van der Waals surface area contributed by atoms with Crippen LogP contribution in [0.15, 0.2) is 42.0 Å². The molecule has 0 bridgehead atoms. The molecule has 0 unspecified atom stereocenters. The summed E-state index contributed by atoms with van der Waals surface area (Å²) in [5.74, 6) is 0.737. The molecule has 0 aliphatic rings. The number of hydrogen-bond acceptors (Lipinski definition) is 3. The number of phenolic OH excluding ortho intramolecular Hbond substituents is 1. The molecule has 0 radical (unpaired) electrons. The van der Waals surface area contributed by atoms with Gasteiger partial charge in [-0.15, -0.1) is 0 Å². The van der Waals surface area contributed by atoms with Gasteiger partial charge >= 0.3 is 0 Å². The van der Waals surface area contributed by atoms with E-state index in [1.54, 1.807) is 13.2 Å². The molecule has 2 aromatic carbocycles. The lowest BCUT2D eigenvalue weighted by Gasteiger charge is -2.12. The SMILES string of the molecule is CCc1cc(O)cc(/C=C/c2ccc(NC(=N)N)c(OC)c2)c1CC=C(C)C. The van der Waals surface area contributed by atoms with Gasteiger partial charge in [-0.1, -0.05) is 36.8 Å². The van der Waals surface area contributed by atoms with Gasteiger partial charge < -0.3 is 20.9 Å². The largest absolute Gasteiger partial charge is 0.508 e. The minimum Gasteiger partial charge on any atom is -0.508 e. The highest BCUT2D eigenvalue weighted by molar-refractivity contribution is 5.91. The minimum atomic E-state index is -0.141. The summed E-state index contributed by atoms with van der Waals surface area (Å²) in [6.07, 6.45) is 7.89. The Morgan fingerprint density at radius 3 is 2.57 bits per heavy atom. The van der Waals surface area contributed by atoms with Gasteiger partial charge in [0.15, 0.2) is 5.96 Å². The molecule has 0 aliphatic heterocycles. The first-order valence-electron chi connectivity index (χ1n) is 9.29. The van der Waals surface area contributed by atoms with Crippen molar-refractivity contribution in [2.45, 2.75) is 33.6 Å². The van der Waals surface area contributed by atoms with Crippen LogP contribution in [0.25, 0.3) is 12.2 Å². The molecule has 0 aliphatic carbocycles. The highest BCUT2D eigenvalue weighted by Gasteiger charge is 2.08. The maximum atomic E-state index is 10.1. The second-order valence-electron chi connectivity index (χ2n) is 6.84. The third-order valence-corrected chi connectivity index (χ3v) is 4.41. The Morgan fingerprint density at radius 2 is 1.96 bits per heavy atom. The normalized spacial score (nSPS) is 10.7. The number of anilines is 1. The molecule has 5 nitrogen and oxygen atoms in total. The topological polar surface area (TPSA) is 91.4 Å². The lowest BCUT2D eigenvalue weighted by atomic mass is 9.94. The molecule has 0 saturated heterocycles. The first-order valence-corrected chi connectivity index (χ1v) is 9.29. The molecule has 0 atom stereocenters. The van der Waals surface area contributed by atoms with Crippen LogP contribution in [-0.2, 0) is 12.8 Å². The third kappa shape index (κ3) is 5.64. The summed E-state index contributed by atoms with van der Waals surface area (Å²) in [7, 11) is 1.58. The van der Waals surface area contributed by atoms with Crippen LogP contribution in [0.2, 0.25) is 0 Å². The van der Waals surface area contributed by atoms with Gasteiger partial charge in [0, 0.05) is 0 Å². The van der Waals surface area contributed by atoms with Crippen molar-refractivity contribution in [3.8, 4) is 11.5 Å². The van der Waals surface area contributed by atoms with E-state index in [0.717, 1.165) is 29.5 Å². The van der Waals surface area contributed by atoms with Gasteiger partial charge in [0.05, 0.1) is 12.8 Å². The summed E-state index contributed by atoms with van der Waals surface area (Å²) in [4.78, 5) is 0. The summed E-state index contributed by atoms with van der Waals surface area (Å²) >= 11 is 0. The lowest BCUT2D eigenvalue weighted by molar-refractivity contribution is 0.417. The Hall–Kier alpha value is -3.21. The Balaban J connectivity index is 2.41. The molecule has 0 heterocycles. The van der Waals surface area contributed by atoms with Crippen molar-refractivity contribution in [3.05, 3.63) is 64.2 Å². The average Bonchev–Trinajstić information content (AvgIpc) is 2.65. The van der Waals surface area contributed by atoms with Crippen molar-refractivity contribution in [2.75, 3.05) is 12.4 Å². The number of hydrogen-bond donors (Lipinski definition) is 4. The van der Waals surface area contributed by atoms with E-state index in [2.05, 4.69) is 32.2 Å². The second-order valence-corrected chi connectivity index (χ2v) is 6.84. The second kappa shape index (κ2) is 9.65. The maximum absolute atomic E-state index is 10.1. The molecular weight excluding hydrogens is 350 g/mol. The van der Waals surface area contributed by atoms with E-state index in [9.17, 15) is 5.11 Å². The van der Waals surface area contributed by atoms with Gasteiger partial charge in [-0.25, -0.2) is 0 Å². The monoisotopic (exact) mass is 379 g/mol. The maximum Gasteiger partial charge on any atom is 0.190 e. The van der Waals surface area contributed by atoms with E-state index in [-0.39, 0.29) is 11.7 Å². The van der Waals surface area contributed by atoms with Gasteiger partial charge in [-0.3, -0.25) is 5.41 Å². The number of rotatable bonds is 7. The number of methoxy groups -OCH3 is 1. The number of nitrogens with one attached hydrogen (secondary N) is 2. The number of allylic oxidation sites excluding steroid dienone is 2. The zero-order valence-electron chi connectivity index (χ0n) is 17.0. The van der Waals surface area contributed by atoms with Crippen LogP contribution in [0.1, 0.15) is 43.0 Å². The van der Waals surface area contributed by atoms with Crippen LogP contribution in [0, 0.1) is 5.41 Å². The number of guanidine groups is 1. The number of ether oxygens (including phenoxy) is 1. The van der Waals surface area contributed by atoms with Crippen molar-refractivity contribution >= 4 is 23.8 Å². The van der Waals surface area contributed by atoms with Crippen molar-refractivity contribution in [1.82, 2.24) is 0 Å². The third-order valence-electron chi connectivity index (χ3n) is 4.41. The Kier molecular flexibility index (Phi) is 7.27. The zero-order chi connectivity index (χ0) is 20.7. The minimum absolute atomic E-state index is 0.141. The molecular formula is C23H29N3O2. The van der Waals surface area contributed by atoms with Crippen molar-refractivity contribution in [1.29, 1.82) is 5.41 Å². The quantitative estimate of drug-likeness (QED) is 0.237. The molecule has 5 heteroatoms. The van der Waals surface area contributed by atoms with E-state index in [1.165, 1.54) is 11.1 Å². The molecule has 5 N–H and O–H groups in total. The molecule has 0 fully saturated rings. The highest BCUT2D eigenvalue weighted by atomic mass is 16.5. The van der Waals surface area contributed by atoms with E-state index in [1.807, 2.05) is 36.4 Å². The predicted molar refractivity (Wildman–Crippen MR) is 118 cm³/mol. The highest BCUT2D eigenvalue weighted by Crippen LogP contribution is 2.28. The van der Waals surface area contributed by atoms with Gasteiger partial charge in [-0.2, -0.15) is 0 Å². The first kappa shape index (κ1) is 21.1. The average molecular weight is 380 g/mol.